The Kier molecular flexibility index (Phi) is 4.70. The van der Waals surface area contributed by atoms with Crippen LogP contribution in [0.15, 0.2) is 46.9 Å². The Morgan fingerprint density at radius 2 is 2.11 bits per heavy atom. The average Bonchev–Trinajstić information content (AvgIpc) is 2.97. The van der Waals surface area contributed by atoms with Crippen LogP contribution in [-0.2, 0) is 6.54 Å². The first-order valence-electron chi connectivity index (χ1n) is 8.85. The summed E-state index contributed by atoms with van der Waals surface area (Å²) in [5.74, 6) is -0.0931. The van der Waals surface area contributed by atoms with E-state index in [2.05, 4.69) is 49.0 Å². The molecule has 27 heavy (non-hydrogen) atoms. The minimum atomic E-state index is -0.0931. The summed E-state index contributed by atoms with van der Waals surface area (Å²) in [6.07, 6.45) is 0.865. The van der Waals surface area contributed by atoms with Crippen LogP contribution < -0.4 is 10.6 Å². The molecule has 2 heterocycles. The normalized spacial score (nSPS) is 15.4. The lowest BCUT2D eigenvalue weighted by molar-refractivity contribution is 0.0963. The molecule has 1 atom stereocenters. The molecule has 7 heteroatoms. The van der Waals surface area contributed by atoms with E-state index in [4.69, 9.17) is 0 Å². The van der Waals surface area contributed by atoms with E-state index in [9.17, 15) is 4.79 Å². The number of benzene rings is 2. The minimum absolute atomic E-state index is 0.0931. The van der Waals surface area contributed by atoms with Gasteiger partial charge in [0.05, 0.1) is 17.4 Å². The van der Waals surface area contributed by atoms with Gasteiger partial charge in [-0.05, 0) is 49.2 Å². The lowest BCUT2D eigenvalue weighted by Crippen LogP contribution is -2.18. The Morgan fingerprint density at radius 3 is 2.93 bits per heavy atom. The van der Waals surface area contributed by atoms with Gasteiger partial charge in [0.1, 0.15) is 0 Å². The highest BCUT2D eigenvalue weighted by Crippen LogP contribution is 2.38. The standard InChI is InChI=1S/C20H20BrN5O/c1-12-19-16-7-6-14(21)11-17(16)18(8-9-26(19)25-24-12)23-15-5-3-4-13(10-15)20(27)22-2/h3-7,10-11,18,23H,8-9H2,1-2H3,(H,22,27). The fourth-order valence-corrected chi connectivity index (χ4v) is 3.96. The molecular formula is C20H20BrN5O. The molecule has 3 aromatic rings. The number of aromatic nitrogens is 3. The molecule has 0 saturated carbocycles. The van der Waals surface area contributed by atoms with Crippen molar-refractivity contribution in [3.05, 3.63) is 63.8 Å². The molecule has 0 spiro atoms. The highest BCUT2D eigenvalue weighted by atomic mass is 79.9. The van der Waals surface area contributed by atoms with Gasteiger partial charge in [-0.3, -0.25) is 4.79 Å². The fraction of sp³-hybridized carbons (Fsp3) is 0.250. The lowest BCUT2D eigenvalue weighted by Gasteiger charge is -2.21. The van der Waals surface area contributed by atoms with Crippen LogP contribution in [0, 0.1) is 6.92 Å². The Hall–Kier alpha value is -2.67. The van der Waals surface area contributed by atoms with Gasteiger partial charge in [-0.25, -0.2) is 4.68 Å². The zero-order valence-electron chi connectivity index (χ0n) is 15.2. The zero-order chi connectivity index (χ0) is 19.0. The molecule has 0 radical (unpaired) electrons. The third kappa shape index (κ3) is 3.35. The molecule has 6 nitrogen and oxygen atoms in total. The summed E-state index contributed by atoms with van der Waals surface area (Å²) in [5, 5.41) is 14.8. The van der Waals surface area contributed by atoms with Crippen LogP contribution in [0.2, 0.25) is 0 Å². The summed E-state index contributed by atoms with van der Waals surface area (Å²) >= 11 is 3.60. The number of carbonyl (C=O) groups is 1. The number of amides is 1. The summed E-state index contributed by atoms with van der Waals surface area (Å²) < 4.78 is 3.01. The van der Waals surface area contributed by atoms with E-state index < -0.39 is 0 Å². The molecule has 4 rings (SSSR count). The van der Waals surface area contributed by atoms with E-state index >= 15 is 0 Å². The second kappa shape index (κ2) is 7.15. The number of anilines is 1. The number of fused-ring (bicyclic) bond motifs is 3. The van der Waals surface area contributed by atoms with Gasteiger partial charge < -0.3 is 10.6 Å². The number of aryl methyl sites for hydroxylation is 2. The second-order valence-corrected chi connectivity index (χ2v) is 7.54. The number of nitrogens with one attached hydrogen (secondary N) is 2. The van der Waals surface area contributed by atoms with Crippen molar-refractivity contribution >= 4 is 27.5 Å². The van der Waals surface area contributed by atoms with Gasteiger partial charge in [0.15, 0.2) is 0 Å². The van der Waals surface area contributed by atoms with Crippen LogP contribution in [0.4, 0.5) is 5.69 Å². The first-order chi connectivity index (χ1) is 13.1. The molecule has 1 amide bonds. The van der Waals surface area contributed by atoms with Crippen molar-refractivity contribution in [3.63, 3.8) is 0 Å². The molecule has 1 aliphatic heterocycles. The maximum absolute atomic E-state index is 11.9. The van der Waals surface area contributed by atoms with Crippen molar-refractivity contribution in [1.29, 1.82) is 0 Å². The molecule has 0 saturated heterocycles. The number of halogens is 1. The molecule has 0 aliphatic carbocycles. The SMILES string of the molecule is CNC(=O)c1cccc(NC2CCn3nnc(C)c3-c3ccc(Br)cc32)c1. The minimum Gasteiger partial charge on any atom is -0.378 e. The molecule has 1 aromatic heterocycles. The van der Waals surface area contributed by atoms with Crippen LogP contribution in [0.1, 0.15) is 34.1 Å². The van der Waals surface area contributed by atoms with Gasteiger partial charge in [0.25, 0.3) is 5.91 Å². The Balaban J connectivity index is 1.73. The maximum atomic E-state index is 11.9. The number of carbonyl (C=O) groups excluding carboxylic acids is 1. The van der Waals surface area contributed by atoms with Crippen LogP contribution in [0.25, 0.3) is 11.3 Å². The summed E-state index contributed by atoms with van der Waals surface area (Å²) in [6.45, 7) is 2.76. The number of rotatable bonds is 3. The Labute approximate surface area is 166 Å². The summed E-state index contributed by atoms with van der Waals surface area (Å²) in [7, 11) is 1.64. The third-order valence-corrected chi connectivity index (χ3v) is 5.36. The van der Waals surface area contributed by atoms with Gasteiger partial charge in [-0.1, -0.05) is 33.3 Å². The first-order valence-corrected chi connectivity index (χ1v) is 9.64. The van der Waals surface area contributed by atoms with Gasteiger partial charge in [-0.15, -0.1) is 5.10 Å². The van der Waals surface area contributed by atoms with E-state index in [1.165, 1.54) is 5.56 Å². The van der Waals surface area contributed by atoms with Crippen LogP contribution in [-0.4, -0.2) is 27.9 Å². The van der Waals surface area contributed by atoms with E-state index in [0.717, 1.165) is 40.1 Å². The van der Waals surface area contributed by atoms with Gasteiger partial charge >= 0.3 is 0 Å². The van der Waals surface area contributed by atoms with Crippen molar-refractivity contribution in [1.82, 2.24) is 20.3 Å². The summed E-state index contributed by atoms with van der Waals surface area (Å²) in [5.41, 5.74) is 5.89. The smallest absolute Gasteiger partial charge is 0.251 e. The predicted molar refractivity (Wildman–Crippen MR) is 109 cm³/mol. The maximum Gasteiger partial charge on any atom is 0.251 e. The van der Waals surface area contributed by atoms with E-state index in [-0.39, 0.29) is 11.9 Å². The largest absolute Gasteiger partial charge is 0.378 e. The highest BCUT2D eigenvalue weighted by Gasteiger charge is 2.25. The second-order valence-electron chi connectivity index (χ2n) is 6.62. The van der Waals surface area contributed by atoms with Gasteiger partial charge in [0.2, 0.25) is 0 Å². The Bertz CT molecular complexity index is 1010. The molecule has 0 fully saturated rings. The van der Waals surface area contributed by atoms with Crippen LogP contribution in [0.5, 0.6) is 0 Å². The third-order valence-electron chi connectivity index (χ3n) is 4.87. The quantitative estimate of drug-likeness (QED) is 0.666. The molecule has 1 unspecified atom stereocenters. The summed E-state index contributed by atoms with van der Waals surface area (Å²) in [4.78, 5) is 11.9. The average molecular weight is 426 g/mol. The van der Waals surface area contributed by atoms with Crippen molar-refractivity contribution in [2.45, 2.75) is 25.9 Å². The van der Waals surface area contributed by atoms with Crippen molar-refractivity contribution in [2.24, 2.45) is 0 Å². The zero-order valence-corrected chi connectivity index (χ0v) is 16.7. The first kappa shape index (κ1) is 17.7. The number of hydrogen-bond acceptors (Lipinski definition) is 4. The van der Waals surface area contributed by atoms with E-state index in [0.29, 0.717) is 5.56 Å². The van der Waals surface area contributed by atoms with Gasteiger partial charge in [0, 0.05) is 34.9 Å². The van der Waals surface area contributed by atoms with Crippen molar-refractivity contribution in [2.75, 3.05) is 12.4 Å². The summed E-state index contributed by atoms with van der Waals surface area (Å²) in [6, 6.07) is 14.0. The van der Waals surface area contributed by atoms with Crippen LogP contribution in [0.3, 0.4) is 0 Å². The highest BCUT2D eigenvalue weighted by molar-refractivity contribution is 9.10. The fourth-order valence-electron chi connectivity index (χ4n) is 3.58. The molecular weight excluding hydrogens is 406 g/mol. The van der Waals surface area contributed by atoms with Crippen molar-refractivity contribution in [3.8, 4) is 11.3 Å². The molecule has 1 aliphatic rings. The molecule has 2 aromatic carbocycles. The van der Waals surface area contributed by atoms with Gasteiger partial charge in [-0.2, -0.15) is 0 Å². The number of nitrogens with zero attached hydrogens (tertiary/aromatic N) is 3. The predicted octanol–water partition coefficient (Wildman–Crippen LogP) is 3.93. The Morgan fingerprint density at radius 1 is 1.26 bits per heavy atom. The molecule has 2 N–H and O–H groups in total. The van der Waals surface area contributed by atoms with E-state index in [1.54, 1.807) is 7.05 Å². The number of hydrogen-bond donors (Lipinski definition) is 2. The van der Waals surface area contributed by atoms with Crippen LogP contribution >= 0.6 is 15.9 Å². The molecule has 0 bridgehead atoms. The van der Waals surface area contributed by atoms with E-state index in [1.807, 2.05) is 41.9 Å². The van der Waals surface area contributed by atoms with Crippen molar-refractivity contribution < 1.29 is 4.79 Å². The topological polar surface area (TPSA) is 71.8 Å². The molecule has 138 valence electrons. The lowest BCUT2D eigenvalue weighted by atomic mass is 9.96. The monoisotopic (exact) mass is 425 g/mol.